The van der Waals surface area contributed by atoms with Gasteiger partial charge in [-0.15, -0.1) is 0 Å². The zero-order valence-corrected chi connectivity index (χ0v) is 27.1. The molecule has 1 unspecified atom stereocenters. The van der Waals surface area contributed by atoms with Crippen molar-refractivity contribution in [2.45, 2.75) is 6.17 Å². The molecule has 0 bridgehead atoms. The Morgan fingerprint density at radius 3 is 1.98 bits per heavy atom. The molecule has 10 rings (SSSR count). The van der Waals surface area contributed by atoms with Gasteiger partial charge in [0.1, 0.15) is 17.3 Å². The maximum atomic E-state index is 6.49. The predicted octanol–water partition coefficient (Wildman–Crippen LogP) is 11.5. The molecule has 0 amide bonds. The van der Waals surface area contributed by atoms with Crippen LogP contribution >= 0.6 is 0 Å². The third kappa shape index (κ3) is 4.73. The number of hydrogen-bond acceptors (Lipinski definition) is 3. The molecule has 50 heavy (non-hydrogen) atoms. The minimum absolute atomic E-state index is 0.190. The highest BCUT2D eigenvalue weighted by molar-refractivity contribution is 6.14. The lowest BCUT2D eigenvalue weighted by Gasteiger charge is -2.25. The Morgan fingerprint density at radius 1 is 0.480 bits per heavy atom. The van der Waals surface area contributed by atoms with Crippen LogP contribution in [0.1, 0.15) is 22.9 Å². The van der Waals surface area contributed by atoms with Gasteiger partial charge >= 0.3 is 0 Å². The van der Waals surface area contributed by atoms with Crippen LogP contribution in [0.25, 0.3) is 66.3 Å². The van der Waals surface area contributed by atoms with E-state index >= 15 is 0 Å². The summed E-state index contributed by atoms with van der Waals surface area (Å²) in [6.45, 7) is 0. The molecule has 0 saturated heterocycles. The number of fused-ring (bicyclic) bond motifs is 6. The average Bonchev–Trinajstić information content (AvgIpc) is 3.73. The fraction of sp³-hybridized carbons (Fsp3) is 0.0217. The molecule has 7 aromatic carbocycles. The smallest absolute Gasteiger partial charge is 0.145 e. The average molecular weight is 642 g/mol. The quantitative estimate of drug-likeness (QED) is 0.203. The minimum atomic E-state index is -0.190. The largest absolute Gasteiger partial charge is 0.456 e. The third-order valence-corrected chi connectivity index (χ3v) is 9.83. The fourth-order valence-corrected chi connectivity index (χ4v) is 7.39. The Morgan fingerprint density at radius 2 is 1.14 bits per heavy atom. The molecule has 1 atom stereocenters. The van der Waals surface area contributed by atoms with E-state index in [1.807, 2.05) is 12.1 Å². The van der Waals surface area contributed by atoms with Gasteiger partial charge in [-0.1, -0.05) is 109 Å². The topological polar surface area (TPSA) is 42.5 Å². The van der Waals surface area contributed by atoms with Crippen LogP contribution in [-0.4, -0.2) is 10.3 Å². The summed E-state index contributed by atoms with van der Waals surface area (Å²) in [7, 11) is 0. The number of nitrogens with one attached hydrogen (secondary N) is 1. The van der Waals surface area contributed by atoms with Crippen molar-refractivity contribution in [3.8, 4) is 16.8 Å². The molecule has 0 spiro atoms. The first kappa shape index (κ1) is 28.4. The van der Waals surface area contributed by atoms with Crippen molar-refractivity contribution in [1.82, 2.24) is 9.88 Å². The van der Waals surface area contributed by atoms with Gasteiger partial charge in [-0.3, -0.25) is 4.99 Å². The summed E-state index contributed by atoms with van der Waals surface area (Å²) in [5.74, 6) is 0. The maximum absolute atomic E-state index is 6.49. The number of para-hydroxylation sites is 2. The van der Waals surface area contributed by atoms with E-state index in [1.54, 1.807) is 0 Å². The summed E-state index contributed by atoms with van der Waals surface area (Å²) < 4.78 is 8.84. The molecule has 3 heterocycles. The Labute approximate surface area is 289 Å². The van der Waals surface area contributed by atoms with Gasteiger partial charge in [0.2, 0.25) is 0 Å². The molecule has 0 aliphatic carbocycles. The second kappa shape index (κ2) is 11.5. The minimum Gasteiger partial charge on any atom is -0.456 e. The number of nitrogens with zero attached hydrogens (tertiary/aromatic N) is 2. The Bertz CT molecular complexity index is 2770. The second-order valence-corrected chi connectivity index (χ2v) is 12.8. The molecule has 0 radical (unpaired) electrons. The van der Waals surface area contributed by atoms with Crippen molar-refractivity contribution in [1.29, 1.82) is 0 Å². The van der Waals surface area contributed by atoms with Crippen LogP contribution in [0.5, 0.6) is 0 Å². The predicted molar refractivity (Wildman–Crippen MR) is 207 cm³/mol. The first-order chi connectivity index (χ1) is 24.8. The van der Waals surface area contributed by atoms with Crippen LogP contribution in [0.2, 0.25) is 0 Å². The number of rotatable bonds is 5. The summed E-state index contributed by atoms with van der Waals surface area (Å²) in [4.78, 5) is 5.10. The van der Waals surface area contributed by atoms with E-state index in [1.165, 1.54) is 21.8 Å². The van der Waals surface area contributed by atoms with E-state index < -0.39 is 0 Å². The van der Waals surface area contributed by atoms with Gasteiger partial charge in [0.15, 0.2) is 0 Å². The molecular weight excluding hydrogens is 611 g/mol. The SMILES string of the molecule is C1=C(c2ccc3oc4cc(-c5ccc6c(c5)c5ccccc5n6-c5ccccc5)ccc4c3c2)NC(c2ccccc2)N=C1c1ccccc1. The molecule has 2 aromatic heterocycles. The molecule has 4 nitrogen and oxygen atoms in total. The number of furan rings is 1. The Balaban J connectivity index is 1.05. The molecule has 1 aliphatic rings. The van der Waals surface area contributed by atoms with Crippen molar-refractivity contribution >= 4 is 55.2 Å². The molecule has 0 fully saturated rings. The van der Waals surface area contributed by atoms with Crippen molar-refractivity contribution in [3.05, 3.63) is 193 Å². The molecule has 0 saturated carbocycles. The molecule has 4 heteroatoms. The van der Waals surface area contributed by atoms with Crippen LogP contribution in [0.15, 0.2) is 185 Å². The summed E-state index contributed by atoms with van der Waals surface area (Å²) in [6.07, 6.45) is 1.96. The second-order valence-electron chi connectivity index (χ2n) is 12.8. The van der Waals surface area contributed by atoms with E-state index in [2.05, 4.69) is 174 Å². The summed E-state index contributed by atoms with van der Waals surface area (Å²) >= 11 is 0. The Hall–Kier alpha value is -6.65. The lowest BCUT2D eigenvalue weighted by atomic mass is 9.99. The Kier molecular flexibility index (Phi) is 6.53. The fourth-order valence-electron chi connectivity index (χ4n) is 7.39. The number of aliphatic imine (C=N–C) groups is 1. The van der Waals surface area contributed by atoms with Crippen LogP contribution in [0.3, 0.4) is 0 Å². The first-order valence-electron chi connectivity index (χ1n) is 17.0. The number of hydrogen-bond donors (Lipinski definition) is 1. The molecule has 236 valence electrons. The van der Waals surface area contributed by atoms with Gasteiger partial charge in [-0.2, -0.15) is 0 Å². The normalized spacial score (nSPS) is 14.6. The lowest BCUT2D eigenvalue weighted by molar-refractivity contribution is 0.663. The van der Waals surface area contributed by atoms with Gasteiger partial charge in [0, 0.05) is 32.9 Å². The molecule has 9 aromatic rings. The molecule has 1 N–H and O–H groups in total. The number of allylic oxidation sites excluding steroid dienone is 1. The number of benzene rings is 7. The van der Waals surface area contributed by atoms with Crippen LogP contribution in [-0.2, 0) is 0 Å². The maximum Gasteiger partial charge on any atom is 0.145 e. The van der Waals surface area contributed by atoms with Gasteiger partial charge in [-0.25, -0.2) is 0 Å². The molecular formula is C46H31N3O. The van der Waals surface area contributed by atoms with Gasteiger partial charge in [0.05, 0.1) is 16.7 Å². The van der Waals surface area contributed by atoms with E-state index in [9.17, 15) is 0 Å². The van der Waals surface area contributed by atoms with E-state index in [-0.39, 0.29) is 6.17 Å². The van der Waals surface area contributed by atoms with Crippen molar-refractivity contribution in [3.63, 3.8) is 0 Å². The first-order valence-corrected chi connectivity index (χ1v) is 17.0. The lowest BCUT2D eigenvalue weighted by Crippen LogP contribution is -2.24. The summed E-state index contributed by atoms with van der Waals surface area (Å²) in [5, 5.41) is 8.37. The van der Waals surface area contributed by atoms with Crippen molar-refractivity contribution in [2.24, 2.45) is 4.99 Å². The third-order valence-electron chi connectivity index (χ3n) is 9.83. The van der Waals surface area contributed by atoms with Gasteiger partial charge in [0.25, 0.3) is 0 Å². The van der Waals surface area contributed by atoms with Crippen LogP contribution < -0.4 is 5.32 Å². The van der Waals surface area contributed by atoms with E-state index in [4.69, 9.17) is 9.41 Å². The standard InChI is InChI=1S/C46H31N3O/c1-4-12-30(13-5-1)40-29-41(48-46(47-40)31-14-6-2-7-15-31)34-22-25-44-39(27-34)37-23-20-33(28-45(37)50-44)32-21-24-43-38(26-32)36-18-10-11-19-42(36)49(43)35-16-8-3-9-17-35/h1-29,46,48H. The molecule has 1 aliphatic heterocycles. The highest BCUT2D eigenvalue weighted by Crippen LogP contribution is 2.38. The van der Waals surface area contributed by atoms with E-state index in [0.29, 0.717) is 0 Å². The summed E-state index contributed by atoms with van der Waals surface area (Å²) in [6, 6.07) is 59.8. The monoisotopic (exact) mass is 641 g/mol. The summed E-state index contributed by atoms with van der Waals surface area (Å²) in [5.41, 5.74) is 12.9. The van der Waals surface area contributed by atoms with Crippen molar-refractivity contribution in [2.75, 3.05) is 0 Å². The highest BCUT2D eigenvalue weighted by Gasteiger charge is 2.21. The van der Waals surface area contributed by atoms with E-state index in [0.717, 1.165) is 66.9 Å². The highest BCUT2D eigenvalue weighted by atomic mass is 16.3. The van der Waals surface area contributed by atoms with Crippen LogP contribution in [0.4, 0.5) is 0 Å². The van der Waals surface area contributed by atoms with Crippen molar-refractivity contribution < 1.29 is 4.42 Å². The van der Waals surface area contributed by atoms with Gasteiger partial charge in [-0.05, 0) is 94.6 Å². The zero-order valence-electron chi connectivity index (χ0n) is 27.1. The van der Waals surface area contributed by atoms with Gasteiger partial charge < -0.3 is 14.3 Å². The zero-order chi connectivity index (χ0) is 33.0. The van der Waals surface area contributed by atoms with Crippen LogP contribution in [0, 0.1) is 0 Å². The number of aromatic nitrogens is 1.